The number of aryl methyl sites for hydroxylation is 2. The van der Waals surface area contributed by atoms with Crippen molar-refractivity contribution in [1.29, 1.82) is 0 Å². The van der Waals surface area contributed by atoms with Crippen molar-refractivity contribution in [2.24, 2.45) is 0 Å². The molecule has 0 bridgehead atoms. The van der Waals surface area contributed by atoms with E-state index in [0.29, 0.717) is 29.3 Å². The molecule has 8 nitrogen and oxygen atoms in total. The molecule has 0 radical (unpaired) electrons. The largest absolute Gasteiger partial charge is 0.488 e. The average molecular weight is 672 g/mol. The molecule has 0 amide bonds. The van der Waals surface area contributed by atoms with Crippen molar-refractivity contribution in [3.8, 4) is 28.3 Å². The number of tetrazole rings is 1. The monoisotopic (exact) mass is 671 g/mol. The lowest BCUT2D eigenvalue weighted by Gasteiger charge is -2.34. The molecule has 0 aliphatic rings. The Morgan fingerprint density at radius 3 is 1.82 bits per heavy atom. The third-order valence-corrected chi connectivity index (χ3v) is 9.03. The SMILES string of the molecule is CCc1nc(C)cc(OCc2ccc(-c3ccccc3-c3nnn(C(c4ccccc4)(c4ccccc4)c4ccccc4)n3)cc2)c1C(=O)OC. The number of pyridine rings is 1. The fraction of sp³-hybridized carbons (Fsp3) is 0.140. The van der Waals surface area contributed by atoms with Gasteiger partial charge in [-0.25, -0.2) is 4.79 Å². The minimum Gasteiger partial charge on any atom is -0.488 e. The summed E-state index contributed by atoms with van der Waals surface area (Å²) >= 11 is 0. The number of hydrogen-bond acceptors (Lipinski definition) is 7. The number of carbonyl (C=O) groups excluding carboxylic acids is 1. The van der Waals surface area contributed by atoms with Crippen LogP contribution in [0.3, 0.4) is 0 Å². The van der Waals surface area contributed by atoms with Gasteiger partial charge in [0.1, 0.15) is 17.9 Å². The quantitative estimate of drug-likeness (QED) is 0.101. The highest BCUT2D eigenvalue weighted by molar-refractivity contribution is 5.93. The summed E-state index contributed by atoms with van der Waals surface area (Å²) in [6.07, 6.45) is 0.588. The third kappa shape index (κ3) is 6.39. The smallest absolute Gasteiger partial charge is 0.343 e. The van der Waals surface area contributed by atoms with Crippen molar-refractivity contribution in [2.75, 3.05) is 7.11 Å². The lowest BCUT2D eigenvalue weighted by molar-refractivity contribution is 0.0593. The molecule has 0 spiro atoms. The Kier molecular flexibility index (Phi) is 9.48. The number of esters is 1. The molecular weight excluding hydrogens is 635 g/mol. The predicted octanol–water partition coefficient (Wildman–Crippen LogP) is 8.48. The summed E-state index contributed by atoms with van der Waals surface area (Å²) in [5, 5.41) is 14.6. The first-order valence-corrected chi connectivity index (χ1v) is 16.9. The highest BCUT2D eigenvalue weighted by Gasteiger charge is 2.41. The summed E-state index contributed by atoms with van der Waals surface area (Å²) < 4.78 is 11.2. The van der Waals surface area contributed by atoms with Gasteiger partial charge in [-0.05, 0) is 51.9 Å². The van der Waals surface area contributed by atoms with Crippen LogP contribution in [0.5, 0.6) is 5.75 Å². The molecule has 7 rings (SSSR count). The first kappa shape index (κ1) is 33.1. The molecule has 0 atom stereocenters. The second-order valence-electron chi connectivity index (χ2n) is 12.2. The van der Waals surface area contributed by atoms with Gasteiger partial charge in [0.2, 0.25) is 5.82 Å². The number of benzene rings is 5. The van der Waals surface area contributed by atoms with Crippen molar-refractivity contribution in [3.63, 3.8) is 0 Å². The van der Waals surface area contributed by atoms with Gasteiger partial charge in [0, 0.05) is 17.3 Å². The maximum Gasteiger partial charge on any atom is 0.343 e. The Bertz CT molecular complexity index is 2160. The summed E-state index contributed by atoms with van der Waals surface area (Å²) in [7, 11) is 1.37. The van der Waals surface area contributed by atoms with Crippen LogP contribution in [0.25, 0.3) is 22.5 Å². The number of rotatable bonds is 11. The van der Waals surface area contributed by atoms with Crippen LogP contribution in [-0.2, 0) is 23.3 Å². The van der Waals surface area contributed by atoms with Crippen molar-refractivity contribution in [1.82, 2.24) is 25.2 Å². The zero-order valence-corrected chi connectivity index (χ0v) is 28.7. The Labute approximate surface area is 297 Å². The second kappa shape index (κ2) is 14.6. The number of carbonyl (C=O) groups is 1. The summed E-state index contributed by atoms with van der Waals surface area (Å²) in [5.74, 6) is 0.521. The maximum absolute atomic E-state index is 12.6. The Morgan fingerprint density at radius 2 is 1.27 bits per heavy atom. The fourth-order valence-corrected chi connectivity index (χ4v) is 6.62. The molecule has 0 aliphatic heterocycles. The van der Waals surface area contributed by atoms with Crippen molar-refractivity contribution in [2.45, 2.75) is 32.4 Å². The van der Waals surface area contributed by atoms with Crippen LogP contribution in [0.1, 0.15) is 50.9 Å². The number of methoxy groups -OCH3 is 1. The van der Waals surface area contributed by atoms with E-state index in [2.05, 4.69) is 64.7 Å². The van der Waals surface area contributed by atoms with Crippen LogP contribution in [0, 0.1) is 6.92 Å². The summed E-state index contributed by atoms with van der Waals surface area (Å²) in [6.45, 7) is 4.11. The van der Waals surface area contributed by atoms with E-state index >= 15 is 0 Å². The lowest BCUT2D eigenvalue weighted by atomic mass is 9.77. The summed E-state index contributed by atoms with van der Waals surface area (Å²) in [4.78, 5) is 18.9. The molecule has 51 heavy (non-hydrogen) atoms. The van der Waals surface area contributed by atoms with Crippen molar-refractivity contribution < 1.29 is 14.3 Å². The average Bonchev–Trinajstić information content (AvgIpc) is 3.69. The zero-order valence-electron chi connectivity index (χ0n) is 28.7. The first-order valence-electron chi connectivity index (χ1n) is 16.9. The van der Waals surface area contributed by atoms with Crippen LogP contribution < -0.4 is 4.74 Å². The Hall–Kier alpha value is -6.41. The van der Waals surface area contributed by atoms with Crippen LogP contribution in [0.15, 0.2) is 146 Å². The van der Waals surface area contributed by atoms with Gasteiger partial charge >= 0.3 is 5.97 Å². The van der Waals surface area contributed by atoms with E-state index < -0.39 is 11.5 Å². The predicted molar refractivity (Wildman–Crippen MR) is 197 cm³/mol. The van der Waals surface area contributed by atoms with Gasteiger partial charge in [0.25, 0.3) is 0 Å². The molecule has 7 aromatic rings. The molecule has 0 aliphatic carbocycles. The van der Waals surface area contributed by atoms with Crippen LogP contribution in [0.4, 0.5) is 0 Å². The number of ether oxygens (including phenoxy) is 2. The van der Waals surface area contributed by atoms with E-state index in [-0.39, 0.29) is 6.61 Å². The van der Waals surface area contributed by atoms with E-state index in [9.17, 15) is 4.79 Å². The minimum absolute atomic E-state index is 0.273. The lowest BCUT2D eigenvalue weighted by Crippen LogP contribution is -2.39. The van der Waals surface area contributed by atoms with Crippen molar-refractivity contribution >= 4 is 5.97 Å². The first-order chi connectivity index (χ1) is 25.0. The van der Waals surface area contributed by atoms with E-state index in [0.717, 1.165) is 44.6 Å². The molecule has 0 fully saturated rings. The van der Waals surface area contributed by atoms with Gasteiger partial charge in [-0.15, -0.1) is 15.0 Å². The Balaban J connectivity index is 1.24. The minimum atomic E-state index is -0.870. The normalized spacial score (nSPS) is 11.3. The standard InChI is InChI=1S/C43H37N5O3/c1-4-38-40(42(49)50-3)39(28-30(2)44-38)51-29-31-24-26-32(27-25-31)36-22-14-15-23-37(36)41-45-47-48(46-41)43(33-16-8-5-9-17-33,34-18-10-6-11-19-34)35-20-12-7-13-21-35/h5-28H,4,29H2,1-3H3. The molecule has 2 heterocycles. The van der Waals surface area contributed by atoms with Crippen molar-refractivity contribution in [3.05, 3.63) is 185 Å². The van der Waals surface area contributed by atoms with E-state index in [1.165, 1.54) is 7.11 Å². The number of aromatic nitrogens is 5. The molecule has 252 valence electrons. The molecule has 8 heteroatoms. The van der Waals surface area contributed by atoms with Gasteiger partial charge in [0.15, 0.2) is 5.54 Å². The number of hydrogen-bond donors (Lipinski definition) is 0. The van der Waals surface area contributed by atoms with Gasteiger partial charge < -0.3 is 9.47 Å². The Morgan fingerprint density at radius 1 is 0.725 bits per heavy atom. The summed E-state index contributed by atoms with van der Waals surface area (Å²) in [5.41, 5.74) is 7.76. The van der Waals surface area contributed by atoms with Gasteiger partial charge in [-0.1, -0.05) is 146 Å². The highest BCUT2D eigenvalue weighted by atomic mass is 16.5. The van der Waals surface area contributed by atoms with E-state index in [4.69, 9.17) is 19.8 Å². The van der Waals surface area contributed by atoms with Gasteiger partial charge in [-0.2, -0.15) is 0 Å². The third-order valence-electron chi connectivity index (χ3n) is 9.03. The zero-order chi connectivity index (χ0) is 35.2. The molecule has 0 unspecified atom stereocenters. The molecule has 5 aromatic carbocycles. The fourth-order valence-electron chi connectivity index (χ4n) is 6.62. The topological polar surface area (TPSA) is 92.0 Å². The molecule has 0 N–H and O–H groups in total. The van der Waals surface area contributed by atoms with Crippen LogP contribution in [-0.4, -0.2) is 38.3 Å². The summed E-state index contributed by atoms with van der Waals surface area (Å²) in [6, 6.07) is 48.9. The van der Waals surface area contributed by atoms with Crippen LogP contribution >= 0.6 is 0 Å². The van der Waals surface area contributed by atoms with Gasteiger partial charge in [-0.3, -0.25) is 4.98 Å². The second-order valence-corrected chi connectivity index (χ2v) is 12.2. The molecule has 0 saturated carbocycles. The molecular formula is C43H37N5O3. The van der Waals surface area contributed by atoms with Gasteiger partial charge in [0.05, 0.1) is 12.8 Å². The molecule has 2 aromatic heterocycles. The molecule has 0 saturated heterocycles. The van der Waals surface area contributed by atoms with E-state index in [1.54, 1.807) is 10.9 Å². The highest BCUT2D eigenvalue weighted by Crippen LogP contribution is 2.40. The van der Waals surface area contributed by atoms with Crippen LogP contribution in [0.2, 0.25) is 0 Å². The maximum atomic E-state index is 12.6. The van der Waals surface area contributed by atoms with E-state index in [1.807, 2.05) is 98.8 Å². The number of nitrogens with zero attached hydrogens (tertiary/aromatic N) is 5.